The Kier molecular flexibility index (Phi) is 5.78. The molecule has 0 heterocycles. The normalized spacial score (nSPS) is 46.5. The third-order valence-electron chi connectivity index (χ3n) is 10.3. The summed E-state index contributed by atoms with van der Waals surface area (Å²) in [6.45, 7) is 11.8. The minimum Gasteiger partial charge on any atom is -0.393 e. The first kappa shape index (κ1) is 21.9. The first-order chi connectivity index (χ1) is 13.6. The van der Waals surface area contributed by atoms with Crippen molar-refractivity contribution >= 4 is 0 Å². The van der Waals surface area contributed by atoms with Gasteiger partial charge >= 0.3 is 0 Å². The molecular formula is C27H46O2. The van der Waals surface area contributed by atoms with Crippen LogP contribution in [-0.2, 0) is 0 Å². The highest BCUT2D eigenvalue weighted by Crippen LogP contribution is 2.67. The lowest BCUT2D eigenvalue weighted by atomic mass is 9.46. The van der Waals surface area contributed by atoms with Gasteiger partial charge in [0.05, 0.1) is 11.7 Å². The van der Waals surface area contributed by atoms with Crippen LogP contribution in [0, 0.1) is 40.4 Å². The number of aliphatic hydroxyl groups excluding tert-OH is 1. The van der Waals surface area contributed by atoms with E-state index in [0.717, 1.165) is 49.4 Å². The van der Waals surface area contributed by atoms with Crippen LogP contribution in [0.25, 0.3) is 0 Å². The second kappa shape index (κ2) is 7.66. The Bertz CT molecular complexity index is 634. The standard InChI is InChI=1S/C27H46O2/c1-18(2)7-6-14-27(5,29)24-11-10-22-21-9-8-19-17-20(28)12-15-25(19,3)23(21)13-16-26(22,24)4/h8,18,20-24,28-29H,6-7,9-17H2,1-5H3/t20-,21+,22+,23+,24+,25-,26+,27-/m0/s1. The highest BCUT2D eigenvalue weighted by molar-refractivity contribution is 5.25. The van der Waals surface area contributed by atoms with Crippen molar-refractivity contribution in [2.24, 2.45) is 40.4 Å². The van der Waals surface area contributed by atoms with E-state index in [1.54, 1.807) is 5.57 Å². The topological polar surface area (TPSA) is 40.5 Å². The van der Waals surface area contributed by atoms with E-state index in [4.69, 9.17) is 0 Å². The molecule has 0 aromatic heterocycles. The van der Waals surface area contributed by atoms with Crippen LogP contribution in [0.5, 0.6) is 0 Å². The minimum atomic E-state index is -0.514. The van der Waals surface area contributed by atoms with Gasteiger partial charge in [0.1, 0.15) is 0 Å². The van der Waals surface area contributed by atoms with Gasteiger partial charge in [0.15, 0.2) is 0 Å². The van der Waals surface area contributed by atoms with E-state index < -0.39 is 5.60 Å². The van der Waals surface area contributed by atoms with E-state index in [9.17, 15) is 10.2 Å². The molecule has 4 rings (SSSR count). The fourth-order valence-electron chi connectivity index (χ4n) is 8.71. The van der Waals surface area contributed by atoms with Gasteiger partial charge in [-0.1, -0.05) is 52.2 Å². The maximum absolute atomic E-state index is 11.6. The molecule has 4 aliphatic carbocycles. The zero-order valence-electron chi connectivity index (χ0n) is 19.7. The molecule has 3 fully saturated rings. The van der Waals surface area contributed by atoms with Crippen molar-refractivity contribution < 1.29 is 10.2 Å². The first-order valence-electron chi connectivity index (χ1n) is 12.7. The van der Waals surface area contributed by atoms with Crippen molar-refractivity contribution in [1.82, 2.24) is 0 Å². The SMILES string of the molecule is CC(C)CCC[C@](C)(O)[C@@H]1CC[C@@H]2[C@H]3CC=C4C[C@@H](O)CC[C@]4(C)[C@@H]3CC[C@]21C. The molecule has 0 unspecified atom stereocenters. The maximum atomic E-state index is 11.6. The Morgan fingerprint density at radius 2 is 1.86 bits per heavy atom. The minimum absolute atomic E-state index is 0.114. The second-order valence-corrected chi connectivity index (χ2v) is 12.5. The van der Waals surface area contributed by atoms with Crippen LogP contribution in [0.3, 0.4) is 0 Å². The van der Waals surface area contributed by atoms with Crippen molar-refractivity contribution in [3.05, 3.63) is 11.6 Å². The quantitative estimate of drug-likeness (QED) is 0.515. The summed E-state index contributed by atoms with van der Waals surface area (Å²) in [6, 6.07) is 0. The lowest BCUT2D eigenvalue weighted by molar-refractivity contribution is -0.105. The van der Waals surface area contributed by atoms with Crippen molar-refractivity contribution in [2.45, 2.75) is 117 Å². The summed E-state index contributed by atoms with van der Waals surface area (Å²) in [6.07, 6.45) is 15.2. The molecule has 8 atom stereocenters. The number of aliphatic hydroxyl groups is 2. The highest BCUT2D eigenvalue weighted by atomic mass is 16.3. The van der Waals surface area contributed by atoms with Crippen LogP contribution in [0.2, 0.25) is 0 Å². The van der Waals surface area contributed by atoms with Gasteiger partial charge in [-0.3, -0.25) is 0 Å². The maximum Gasteiger partial charge on any atom is 0.0653 e. The van der Waals surface area contributed by atoms with E-state index in [2.05, 4.69) is 40.7 Å². The highest BCUT2D eigenvalue weighted by Gasteiger charge is 2.61. The molecule has 29 heavy (non-hydrogen) atoms. The van der Waals surface area contributed by atoms with E-state index in [0.29, 0.717) is 16.7 Å². The Hall–Kier alpha value is -0.340. The molecule has 0 aromatic rings. The Morgan fingerprint density at radius 1 is 1.10 bits per heavy atom. The first-order valence-corrected chi connectivity index (χ1v) is 12.7. The summed E-state index contributed by atoms with van der Waals surface area (Å²) in [5.74, 6) is 3.53. The van der Waals surface area contributed by atoms with Crippen LogP contribution < -0.4 is 0 Å². The monoisotopic (exact) mass is 402 g/mol. The van der Waals surface area contributed by atoms with Gasteiger partial charge in [0, 0.05) is 0 Å². The molecule has 3 saturated carbocycles. The summed E-state index contributed by atoms with van der Waals surface area (Å²) < 4.78 is 0. The van der Waals surface area contributed by atoms with Crippen LogP contribution >= 0.6 is 0 Å². The second-order valence-electron chi connectivity index (χ2n) is 12.5. The van der Waals surface area contributed by atoms with Gasteiger partial charge < -0.3 is 10.2 Å². The van der Waals surface area contributed by atoms with Crippen molar-refractivity contribution in [3.63, 3.8) is 0 Å². The van der Waals surface area contributed by atoms with Gasteiger partial charge in [-0.05, 0) is 105 Å². The molecule has 2 N–H and O–H groups in total. The zero-order chi connectivity index (χ0) is 21.0. The van der Waals surface area contributed by atoms with Crippen molar-refractivity contribution in [3.8, 4) is 0 Å². The van der Waals surface area contributed by atoms with Crippen LogP contribution in [0.1, 0.15) is 105 Å². The summed E-state index contributed by atoms with van der Waals surface area (Å²) in [4.78, 5) is 0. The third-order valence-corrected chi connectivity index (χ3v) is 10.3. The molecule has 0 spiro atoms. The summed E-state index contributed by atoms with van der Waals surface area (Å²) in [5, 5.41) is 21.8. The van der Waals surface area contributed by atoms with Crippen molar-refractivity contribution in [1.29, 1.82) is 0 Å². The lowest BCUT2D eigenvalue weighted by Crippen LogP contribution is -2.53. The summed E-state index contributed by atoms with van der Waals surface area (Å²) in [7, 11) is 0. The van der Waals surface area contributed by atoms with E-state index >= 15 is 0 Å². The zero-order valence-corrected chi connectivity index (χ0v) is 19.7. The number of fused-ring (bicyclic) bond motifs is 5. The summed E-state index contributed by atoms with van der Waals surface area (Å²) in [5.41, 5.74) is 1.68. The molecule has 0 aromatic carbocycles. The molecular weight excluding hydrogens is 356 g/mol. The van der Waals surface area contributed by atoms with Crippen LogP contribution in [0.4, 0.5) is 0 Å². The molecule has 0 saturated heterocycles. The third kappa shape index (κ3) is 3.65. The molecule has 0 radical (unpaired) electrons. The van der Waals surface area contributed by atoms with Crippen LogP contribution in [-0.4, -0.2) is 21.9 Å². The van der Waals surface area contributed by atoms with Gasteiger partial charge in [-0.25, -0.2) is 0 Å². The molecule has 4 aliphatic rings. The van der Waals surface area contributed by atoms with Gasteiger partial charge in [-0.15, -0.1) is 0 Å². The average molecular weight is 403 g/mol. The lowest BCUT2D eigenvalue weighted by Gasteiger charge is -2.59. The molecule has 0 bridgehead atoms. The number of hydrogen-bond donors (Lipinski definition) is 2. The average Bonchev–Trinajstić information content (AvgIpc) is 3.00. The van der Waals surface area contributed by atoms with E-state index in [1.807, 2.05) is 0 Å². The fourth-order valence-corrected chi connectivity index (χ4v) is 8.71. The fraction of sp³-hybridized carbons (Fsp3) is 0.926. The smallest absolute Gasteiger partial charge is 0.0653 e. The van der Waals surface area contributed by atoms with E-state index in [-0.39, 0.29) is 6.10 Å². The van der Waals surface area contributed by atoms with Crippen molar-refractivity contribution in [2.75, 3.05) is 0 Å². The summed E-state index contributed by atoms with van der Waals surface area (Å²) >= 11 is 0. The van der Waals surface area contributed by atoms with Gasteiger partial charge in [0.25, 0.3) is 0 Å². The van der Waals surface area contributed by atoms with E-state index in [1.165, 1.54) is 44.9 Å². The Balaban J connectivity index is 1.53. The predicted octanol–water partition coefficient (Wildman–Crippen LogP) is 6.50. The Morgan fingerprint density at radius 3 is 2.59 bits per heavy atom. The van der Waals surface area contributed by atoms with Crippen LogP contribution in [0.15, 0.2) is 11.6 Å². The molecule has 2 nitrogen and oxygen atoms in total. The van der Waals surface area contributed by atoms with Gasteiger partial charge in [0.2, 0.25) is 0 Å². The molecule has 2 heteroatoms. The Labute approximate surface area is 179 Å². The number of rotatable bonds is 5. The van der Waals surface area contributed by atoms with Gasteiger partial charge in [-0.2, -0.15) is 0 Å². The molecule has 0 amide bonds. The molecule has 166 valence electrons. The predicted molar refractivity (Wildman–Crippen MR) is 121 cm³/mol. The largest absolute Gasteiger partial charge is 0.393 e. The number of allylic oxidation sites excluding steroid dienone is 1. The number of hydrogen-bond acceptors (Lipinski definition) is 2. The molecule has 0 aliphatic heterocycles.